The van der Waals surface area contributed by atoms with Crippen LogP contribution in [0.15, 0.2) is 28.9 Å². The van der Waals surface area contributed by atoms with Crippen molar-refractivity contribution in [3.8, 4) is 0 Å². The third-order valence-corrected chi connectivity index (χ3v) is 5.20. The lowest BCUT2D eigenvalue weighted by molar-refractivity contribution is 0.0992. The molecule has 1 amide bonds. The maximum Gasteiger partial charge on any atom is 0.262 e. The van der Waals surface area contributed by atoms with Crippen molar-refractivity contribution in [1.29, 1.82) is 0 Å². The van der Waals surface area contributed by atoms with Gasteiger partial charge >= 0.3 is 0 Å². The first-order valence-corrected chi connectivity index (χ1v) is 9.39. The Labute approximate surface area is 163 Å². The van der Waals surface area contributed by atoms with Crippen LogP contribution >= 0.6 is 0 Å². The van der Waals surface area contributed by atoms with Gasteiger partial charge in [-0.3, -0.25) is 4.79 Å². The minimum atomic E-state index is -0.130. The smallest absolute Gasteiger partial charge is 0.262 e. The molecule has 4 rings (SSSR count). The summed E-state index contributed by atoms with van der Waals surface area (Å²) in [5.74, 6) is 1.14. The number of aryl methyl sites for hydroxylation is 3. The number of hydrogen-bond donors (Lipinski definition) is 0. The average molecular weight is 380 g/mol. The fourth-order valence-electron chi connectivity index (χ4n) is 3.66. The zero-order chi connectivity index (χ0) is 19.8. The number of carbonyl (C=O) groups is 1. The van der Waals surface area contributed by atoms with Gasteiger partial charge in [0.25, 0.3) is 5.91 Å². The molecule has 0 saturated carbocycles. The molecule has 0 N–H and O–H groups in total. The van der Waals surface area contributed by atoms with Gasteiger partial charge in [-0.05, 0) is 38.0 Å². The van der Waals surface area contributed by atoms with Crippen molar-refractivity contribution in [2.45, 2.75) is 20.8 Å². The molecule has 0 aliphatic carbocycles. The zero-order valence-corrected chi connectivity index (χ0v) is 16.7. The van der Waals surface area contributed by atoms with Gasteiger partial charge in [0.05, 0.1) is 24.2 Å². The Morgan fingerprint density at radius 2 is 1.89 bits per heavy atom. The molecule has 7 heteroatoms. The summed E-state index contributed by atoms with van der Waals surface area (Å²) in [6, 6.07) is 6.08. The number of furan rings is 1. The molecule has 7 nitrogen and oxygen atoms in total. The van der Waals surface area contributed by atoms with Crippen molar-refractivity contribution < 1.29 is 13.9 Å². The Balaban J connectivity index is 1.82. The van der Waals surface area contributed by atoms with E-state index in [-0.39, 0.29) is 5.91 Å². The molecule has 0 atom stereocenters. The minimum absolute atomic E-state index is 0.130. The second-order valence-corrected chi connectivity index (χ2v) is 7.16. The van der Waals surface area contributed by atoms with E-state index in [9.17, 15) is 4.79 Å². The van der Waals surface area contributed by atoms with E-state index in [0.29, 0.717) is 35.6 Å². The van der Waals surface area contributed by atoms with E-state index in [1.807, 2.05) is 32.0 Å². The Morgan fingerprint density at radius 3 is 2.64 bits per heavy atom. The molecule has 1 aliphatic rings. The third kappa shape index (κ3) is 3.11. The summed E-state index contributed by atoms with van der Waals surface area (Å²) in [6.45, 7) is 8.52. The van der Waals surface area contributed by atoms with Crippen molar-refractivity contribution >= 4 is 28.5 Å². The largest absolute Gasteiger partial charge is 0.442 e. The predicted octanol–water partition coefficient (Wildman–Crippen LogP) is 3.26. The second kappa shape index (κ2) is 7.24. The van der Waals surface area contributed by atoms with E-state index >= 15 is 0 Å². The number of aromatic nitrogens is 2. The minimum Gasteiger partial charge on any atom is -0.442 e. The van der Waals surface area contributed by atoms with Crippen molar-refractivity contribution in [2.24, 2.45) is 0 Å². The van der Waals surface area contributed by atoms with Crippen LogP contribution in [0.25, 0.3) is 11.1 Å². The van der Waals surface area contributed by atoms with Crippen molar-refractivity contribution in [3.05, 3.63) is 47.0 Å². The number of morpholine rings is 1. The lowest BCUT2D eigenvalue weighted by atomic mass is 10.1. The zero-order valence-electron chi connectivity index (χ0n) is 16.7. The molecule has 0 bridgehead atoms. The van der Waals surface area contributed by atoms with Crippen molar-refractivity contribution in [3.63, 3.8) is 0 Å². The topological polar surface area (TPSA) is 71.7 Å². The number of rotatable bonds is 3. The number of benzene rings is 1. The molecule has 0 spiro atoms. The lowest BCUT2D eigenvalue weighted by Crippen LogP contribution is -2.37. The van der Waals surface area contributed by atoms with Crippen LogP contribution in [-0.4, -0.2) is 49.2 Å². The van der Waals surface area contributed by atoms with Crippen LogP contribution in [0, 0.1) is 20.8 Å². The number of fused-ring (bicyclic) bond motifs is 1. The highest BCUT2D eigenvalue weighted by Crippen LogP contribution is 2.33. The molecule has 1 aromatic carbocycles. The summed E-state index contributed by atoms with van der Waals surface area (Å²) in [4.78, 5) is 26.0. The van der Waals surface area contributed by atoms with E-state index in [2.05, 4.69) is 14.9 Å². The summed E-state index contributed by atoms with van der Waals surface area (Å²) < 4.78 is 11.3. The van der Waals surface area contributed by atoms with Gasteiger partial charge in [0.2, 0.25) is 5.71 Å². The normalized spacial score (nSPS) is 14.5. The number of anilines is 2. The van der Waals surface area contributed by atoms with Crippen LogP contribution in [0.3, 0.4) is 0 Å². The molecule has 28 heavy (non-hydrogen) atoms. The molecule has 1 fully saturated rings. The van der Waals surface area contributed by atoms with E-state index in [4.69, 9.17) is 9.15 Å². The standard InChI is InChI=1S/C21H24N4O3/c1-13-5-6-14(2)16(11-13)24(4)21(26)17-15(3)28-20-18(17)19(22-12-23-20)25-7-9-27-10-8-25/h5-6,11-12H,7-10H2,1-4H3. The highest BCUT2D eigenvalue weighted by Gasteiger charge is 2.28. The summed E-state index contributed by atoms with van der Waals surface area (Å²) in [7, 11) is 1.79. The van der Waals surface area contributed by atoms with Crippen LogP contribution in [0.5, 0.6) is 0 Å². The van der Waals surface area contributed by atoms with E-state index in [1.54, 1.807) is 18.9 Å². The molecule has 1 saturated heterocycles. The summed E-state index contributed by atoms with van der Waals surface area (Å²) in [5, 5.41) is 0.670. The fraction of sp³-hybridized carbons (Fsp3) is 0.381. The number of ether oxygens (including phenoxy) is 1. The van der Waals surface area contributed by atoms with E-state index in [0.717, 1.165) is 35.7 Å². The highest BCUT2D eigenvalue weighted by molar-refractivity contribution is 6.16. The molecular weight excluding hydrogens is 356 g/mol. The summed E-state index contributed by atoms with van der Waals surface area (Å²) >= 11 is 0. The SMILES string of the molecule is Cc1ccc(C)c(N(C)C(=O)c2c(C)oc3ncnc(N4CCOCC4)c23)c1. The first-order chi connectivity index (χ1) is 13.5. The third-order valence-electron chi connectivity index (χ3n) is 5.20. The molecular formula is C21H24N4O3. The van der Waals surface area contributed by atoms with Crippen LogP contribution in [-0.2, 0) is 4.74 Å². The molecule has 0 unspecified atom stereocenters. The molecule has 3 aromatic rings. The monoisotopic (exact) mass is 380 g/mol. The Hall–Kier alpha value is -2.93. The predicted molar refractivity (Wildman–Crippen MR) is 108 cm³/mol. The first kappa shape index (κ1) is 18.4. The first-order valence-electron chi connectivity index (χ1n) is 9.39. The number of nitrogens with zero attached hydrogens (tertiary/aromatic N) is 4. The number of carbonyl (C=O) groups excluding carboxylic acids is 1. The van der Waals surface area contributed by atoms with Crippen molar-refractivity contribution in [2.75, 3.05) is 43.2 Å². The van der Waals surface area contributed by atoms with Gasteiger partial charge in [-0.1, -0.05) is 12.1 Å². The van der Waals surface area contributed by atoms with Crippen molar-refractivity contribution in [1.82, 2.24) is 9.97 Å². The Morgan fingerprint density at radius 1 is 1.14 bits per heavy atom. The Kier molecular flexibility index (Phi) is 4.77. The van der Waals surface area contributed by atoms with Crippen LogP contribution in [0.1, 0.15) is 27.2 Å². The van der Waals surface area contributed by atoms with Crippen LogP contribution in [0.4, 0.5) is 11.5 Å². The van der Waals surface area contributed by atoms with Gasteiger partial charge < -0.3 is 19.0 Å². The van der Waals surface area contributed by atoms with Gasteiger partial charge in [-0.25, -0.2) is 9.97 Å². The van der Waals surface area contributed by atoms with E-state index in [1.165, 1.54) is 6.33 Å². The Bertz CT molecular complexity index is 1040. The van der Waals surface area contributed by atoms with Gasteiger partial charge in [0, 0.05) is 25.8 Å². The molecule has 3 heterocycles. The summed E-state index contributed by atoms with van der Waals surface area (Å²) in [5.41, 5.74) is 3.97. The quantitative estimate of drug-likeness (QED) is 0.695. The van der Waals surface area contributed by atoms with Gasteiger partial charge in [-0.15, -0.1) is 0 Å². The molecule has 146 valence electrons. The van der Waals surface area contributed by atoms with Crippen LogP contribution < -0.4 is 9.80 Å². The lowest BCUT2D eigenvalue weighted by Gasteiger charge is -2.28. The molecule has 0 radical (unpaired) electrons. The second-order valence-electron chi connectivity index (χ2n) is 7.16. The van der Waals surface area contributed by atoms with Gasteiger partial charge in [0.15, 0.2) is 0 Å². The maximum absolute atomic E-state index is 13.5. The maximum atomic E-state index is 13.5. The average Bonchev–Trinajstić information content (AvgIpc) is 3.05. The summed E-state index contributed by atoms with van der Waals surface area (Å²) in [6.07, 6.45) is 1.48. The number of hydrogen-bond acceptors (Lipinski definition) is 6. The van der Waals surface area contributed by atoms with Gasteiger partial charge in [-0.2, -0.15) is 0 Å². The van der Waals surface area contributed by atoms with Crippen LogP contribution in [0.2, 0.25) is 0 Å². The highest BCUT2D eigenvalue weighted by atomic mass is 16.5. The molecule has 2 aromatic heterocycles. The fourth-order valence-corrected chi connectivity index (χ4v) is 3.66. The molecule has 1 aliphatic heterocycles. The van der Waals surface area contributed by atoms with Gasteiger partial charge in [0.1, 0.15) is 17.9 Å². The number of amides is 1. The van der Waals surface area contributed by atoms with E-state index < -0.39 is 0 Å².